The van der Waals surface area contributed by atoms with Crippen molar-refractivity contribution in [3.05, 3.63) is 48.0 Å². The normalized spacial score (nSPS) is 14.6. The van der Waals surface area contributed by atoms with Crippen LogP contribution in [0.25, 0.3) is 11.5 Å². The van der Waals surface area contributed by atoms with E-state index in [2.05, 4.69) is 10.2 Å². The second kappa shape index (κ2) is 8.00. The number of methoxy groups -OCH3 is 2. The zero-order chi connectivity index (χ0) is 21.3. The molecule has 2 aromatic carbocycles. The molecule has 30 heavy (non-hydrogen) atoms. The molecule has 1 aliphatic rings. The largest absolute Gasteiger partial charge is 0.497 e. The zero-order valence-electron chi connectivity index (χ0n) is 16.1. The first-order valence-electron chi connectivity index (χ1n) is 8.80. The Morgan fingerprint density at radius 3 is 2.43 bits per heavy atom. The molecule has 0 saturated heterocycles. The van der Waals surface area contributed by atoms with E-state index >= 15 is 0 Å². The maximum absolute atomic E-state index is 12.6. The van der Waals surface area contributed by atoms with Gasteiger partial charge >= 0.3 is 0 Å². The lowest BCUT2D eigenvalue weighted by Gasteiger charge is -2.13. The Bertz CT molecular complexity index is 1190. The number of benzene rings is 2. The van der Waals surface area contributed by atoms with Crippen molar-refractivity contribution in [2.24, 2.45) is 0 Å². The number of rotatable bonds is 7. The Morgan fingerprint density at radius 1 is 1.07 bits per heavy atom. The average molecular weight is 447 g/mol. The molecule has 156 valence electrons. The van der Waals surface area contributed by atoms with Crippen LogP contribution in [0.3, 0.4) is 0 Å². The molecule has 0 bridgehead atoms. The van der Waals surface area contributed by atoms with Crippen LogP contribution in [0, 0.1) is 0 Å². The number of thioether (sulfide) groups is 1. The number of carbonyl (C=O) groups is 1. The SMILES string of the molecule is COc1cc(OC)cc(-c2nnc(SCCN3C(=O)c4ccccc4S3(=O)=O)o2)c1. The summed E-state index contributed by atoms with van der Waals surface area (Å²) in [6.45, 7) is -0.00872. The number of hydrogen-bond donors (Lipinski definition) is 0. The van der Waals surface area contributed by atoms with Gasteiger partial charge in [0, 0.05) is 23.9 Å². The van der Waals surface area contributed by atoms with Gasteiger partial charge in [-0.2, -0.15) is 0 Å². The highest BCUT2D eigenvalue weighted by Gasteiger charge is 2.40. The fourth-order valence-corrected chi connectivity index (χ4v) is 5.35. The van der Waals surface area contributed by atoms with Crippen LogP contribution < -0.4 is 9.47 Å². The Morgan fingerprint density at radius 2 is 1.77 bits per heavy atom. The quantitative estimate of drug-likeness (QED) is 0.505. The van der Waals surface area contributed by atoms with E-state index in [0.29, 0.717) is 17.1 Å². The van der Waals surface area contributed by atoms with Gasteiger partial charge in [-0.15, -0.1) is 10.2 Å². The summed E-state index contributed by atoms with van der Waals surface area (Å²) in [6, 6.07) is 11.4. The number of hydrogen-bond acceptors (Lipinski definition) is 9. The molecule has 0 unspecified atom stereocenters. The van der Waals surface area contributed by atoms with Crippen molar-refractivity contribution in [1.29, 1.82) is 0 Å². The molecular weight excluding hydrogens is 430 g/mol. The van der Waals surface area contributed by atoms with E-state index in [1.54, 1.807) is 44.6 Å². The Balaban J connectivity index is 1.45. The van der Waals surface area contributed by atoms with Crippen LogP contribution in [-0.2, 0) is 10.0 Å². The molecule has 3 aromatic rings. The van der Waals surface area contributed by atoms with E-state index < -0.39 is 15.9 Å². The highest BCUT2D eigenvalue weighted by molar-refractivity contribution is 7.99. The van der Waals surface area contributed by atoms with Crippen molar-refractivity contribution in [1.82, 2.24) is 14.5 Å². The van der Waals surface area contributed by atoms with Gasteiger partial charge in [0.25, 0.3) is 21.2 Å². The Hall–Kier alpha value is -3.05. The molecule has 0 N–H and O–H groups in total. The predicted octanol–water partition coefficient (Wildman–Crippen LogP) is 2.69. The number of amides is 1. The summed E-state index contributed by atoms with van der Waals surface area (Å²) < 4.78 is 42.1. The smallest absolute Gasteiger partial charge is 0.276 e. The lowest BCUT2D eigenvalue weighted by Crippen LogP contribution is -2.32. The van der Waals surface area contributed by atoms with Crippen LogP contribution in [-0.4, -0.2) is 55.3 Å². The number of sulfonamides is 1. The molecule has 0 fully saturated rings. The summed E-state index contributed by atoms with van der Waals surface area (Å²) in [5.74, 6) is 1.16. The molecule has 1 aromatic heterocycles. The first-order chi connectivity index (χ1) is 14.4. The summed E-state index contributed by atoms with van der Waals surface area (Å²) in [6.07, 6.45) is 0. The molecule has 0 aliphatic carbocycles. The van der Waals surface area contributed by atoms with Crippen molar-refractivity contribution in [2.75, 3.05) is 26.5 Å². The third kappa shape index (κ3) is 3.61. The summed E-state index contributed by atoms with van der Waals surface area (Å²) in [7, 11) is -0.745. The van der Waals surface area contributed by atoms with Crippen molar-refractivity contribution in [3.63, 3.8) is 0 Å². The van der Waals surface area contributed by atoms with Crippen molar-refractivity contribution in [3.8, 4) is 23.0 Å². The van der Waals surface area contributed by atoms with Crippen LogP contribution in [0.2, 0.25) is 0 Å². The lowest BCUT2D eigenvalue weighted by molar-refractivity contribution is 0.0876. The van der Waals surface area contributed by atoms with Crippen LogP contribution in [0.1, 0.15) is 10.4 Å². The van der Waals surface area contributed by atoms with Gasteiger partial charge in [0.2, 0.25) is 5.89 Å². The van der Waals surface area contributed by atoms with E-state index in [9.17, 15) is 13.2 Å². The third-order valence-corrected chi connectivity index (χ3v) is 7.08. The fourth-order valence-electron chi connectivity index (χ4n) is 2.98. The number of fused-ring (bicyclic) bond motifs is 1. The number of aromatic nitrogens is 2. The van der Waals surface area contributed by atoms with Gasteiger partial charge in [0.1, 0.15) is 16.4 Å². The van der Waals surface area contributed by atoms with Gasteiger partial charge in [-0.05, 0) is 24.3 Å². The zero-order valence-corrected chi connectivity index (χ0v) is 17.7. The van der Waals surface area contributed by atoms with E-state index in [1.807, 2.05) is 0 Å². The third-order valence-electron chi connectivity index (χ3n) is 4.44. The minimum absolute atomic E-state index is 0.00872. The molecule has 0 radical (unpaired) electrons. The van der Waals surface area contributed by atoms with Crippen molar-refractivity contribution < 1.29 is 27.1 Å². The minimum Gasteiger partial charge on any atom is -0.497 e. The number of carbonyl (C=O) groups excluding carboxylic acids is 1. The van der Waals surface area contributed by atoms with E-state index in [4.69, 9.17) is 13.9 Å². The second-order valence-electron chi connectivity index (χ2n) is 6.20. The second-order valence-corrected chi connectivity index (χ2v) is 9.08. The van der Waals surface area contributed by atoms with Gasteiger partial charge in [-0.1, -0.05) is 23.9 Å². The Labute approximate surface area is 177 Å². The summed E-state index contributed by atoms with van der Waals surface area (Å²) in [5.41, 5.74) is 0.813. The van der Waals surface area contributed by atoms with Crippen LogP contribution >= 0.6 is 11.8 Å². The highest BCUT2D eigenvalue weighted by atomic mass is 32.2. The van der Waals surface area contributed by atoms with Crippen molar-refractivity contribution in [2.45, 2.75) is 10.1 Å². The van der Waals surface area contributed by atoms with Crippen molar-refractivity contribution >= 4 is 27.7 Å². The van der Waals surface area contributed by atoms with E-state index in [-0.39, 0.29) is 33.9 Å². The Kier molecular flexibility index (Phi) is 5.39. The van der Waals surface area contributed by atoms with Gasteiger partial charge in [-0.25, -0.2) is 12.7 Å². The predicted molar refractivity (Wildman–Crippen MR) is 108 cm³/mol. The number of ether oxygens (including phenoxy) is 2. The molecule has 9 nitrogen and oxygen atoms in total. The summed E-state index contributed by atoms with van der Waals surface area (Å²) in [4.78, 5) is 12.5. The molecule has 1 amide bonds. The summed E-state index contributed by atoms with van der Waals surface area (Å²) >= 11 is 1.16. The molecule has 0 spiro atoms. The van der Waals surface area contributed by atoms with Gasteiger partial charge in [0.05, 0.1) is 19.8 Å². The molecule has 1 aliphatic heterocycles. The first-order valence-corrected chi connectivity index (χ1v) is 11.2. The minimum atomic E-state index is -3.83. The topological polar surface area (TPSA) is 112 Å². The molecule has 0 saturated carbocycles. The maximum Gasteiger partial charge on any atom is 0.276 e. The summed E-state index contributed by atoms with van der Waals surface area (Å²) in [5, 5.41) is 8.25. The molecule has 11 heteroatoms. The van der Waals surface area contributed by atoms with Crippen LogP contribution in [0.4, 0.5) is 0 Å². The fraction of sp³-hybridized carbons (Fsp3) is 0.211. The monoisotopic (exact) mass is 447 g/mol. The van der Waals surface area contributed by atoms with Gasteiger partial charge in [0.15, 0.2) is 0 Å². The molecular formula is C19H17N3O6S2. The average Bonchev–Trinajstić information content (AvgIpc) is 3.31. The standard InChI is InChI=1S/C19H17N3O6S2/c1-26-13-9-12(10-14(11-13)27-2)17-20-21-19(28-17)29-8-7-22-18(23)15-5-3-4-6-16(15)30(22,24)25/h3-6,9-11H,7-8H2,1-2H3. The lowest BCUT2D eigenvalue weighted by atomic mass is 10.2. The molecule has 4 rings (SSSR count). The number of nitrogens with zero attached hydrogens (tertiary/aromatic N) is 3. The van der Waals surface area contributed by atoms with Gasteiger partial charge < -0.3 is 13.9 Å². The van der Waals surface area contributed by atoms with E-state index in [1.165, 1.54) is 12.1 Å². The first kappa shape index (κ1) is 20.2. The maximum atomic E-state index is 12.6. The van der Waals surface area contributed by atoms with Crippen LogP contribution in [0.15, 0.2) is 57.0 Å². The van der Waals surface area contributed by atoms with Gasteiger partial charge in [-0.3, -0.25) is 4.79 Å². The molecule has 2 heterocycles. The molecule has 0 atom stereocenters. The van der Waals surface area contributed by atoms with Crippen LogP contribution in [0.5, 0.6) is 11.5 Å². The van der Waals surface area contributed by atoms with E-state index in [0.717, 1.165) is 16.1 Å². The highest BCUT2D eigenvalue weighted by Crippen LogP contribution is 2.32.